The molecule has 0 unspecified atom stereocenters. The Morgan fingerprint density at radius 3 is 2.55 bits per heavy atom. The van der Waals surface area contributed by atoms with Crippen LogP contribution in [-0.2, 0) is 0 Å². The number of nitrogens with one attached hydrogen (secondary N) is 1. The van der Waals surface area contributed by atoms with Crippen LogP contribution in [0, 0.1) is 11.8 Å². The van der Waals surface area contributed by atoms with Crippen LogP contribution in [0.15, 0.2) is 34.9 Å². The van der Waals surface area contributed by atoms with Gasteiger partial charge in [-0.2, -0.15) is 0 Å². The average Bonchev–Trinajstić information content (AvgIpc) is 3.44. The molecule has 0 bridgehead atoms. The van der Waals surface area contributed by atoms with Gasteiger partial charge in [0.15, 0.2) is 5.69 Å². The van der Waals surface area contributed by atoms with Gasteiger partial charge in [-0.15, -0.1) is 5.10 Å². The third-order valence-corrected chi connectivity index (χ3v) is 5.05. The van der Waals surface area contributed by atoms with E-state index in [1.165, 1.54) is 25.7 Å². The Balaban J connectivity index is 1.51. The van der Waals surface area contributed by atoms with Crippen LogP contribution in [0.1, 0.15) is 36.2 Å². The molecule has 2 saturated carbocycles. The highest BCUT2D eigenvalue weighted by atomic mass is 79.9. The summed E-state index contributed by atoms with van der Waals surface area (Å²) in [5.41, 5.74) is 1.25. The molecule has 1 amide bonds. The Hall–Kier alpha value is -1.69. The van der Waals surface area contributed by atoms with E-state index >= 15 is 0 Å². The number of hydrogen-bond donors (Lipinski definition) is 1. The predicted octanol–water partition coefficient (Wildman–Crippen LogP) is 2.95. The summed E-state index contributed by atoms with van der Waals surface area (Å²) in [5, 5.41) is 11.3. The number of nitrogens with zero attached hydrogens (tertiary/aromatic N) is 3. The highest BCUT2D eigenvalue weighted by Crippen LogP contribution is 2.44. The van der Waals surface area contributed by atoms with Crippen LogP contribution < -0.4 is 5.32 Å². The van der Waals surface area contributed by atoms with Crippen molar-refractivity contribution in [1.29, 1.82) is 0 Å². The number of rotatable bonds is 5. The molecule has 5 nitrogen and oxygen atoms in total. The molecule has 2 aliphatic carbocycles. The first kappa shape index (κ1) is 13.9. The number of aromatic nitrogens is 3. The Morgan fingerprint density at radius 1 is 1.23 bits per heavy atom. The number of halogens is 1. The highest BCUT2D eigenvalue weighted by Gasteiger charge is 2.42. The zero-order valence-electron chi connectivity index (χ0n) is 12.1. The molecule has 0 aliphatic heterocycles. The Bertz CT molecular complexity index is 694. The lowest BCUT2D eigenvalue weighted by Gasteiger charge is -2.16. The maximum Gasteiger partial charge on any atom is 0.273 e. The molecule has 0 atom stereocenters. The fourth-order valence-corrected chi connectivity index (χ4v) is 3.35. The molecule has 4 rings (SSSR count). The van der Waals surface area contributed by atoms with Gasteiger partial charge in [-0.1, -0.05) is 17.3 Å². The van der Waals surface area contributed by atoms with Crippen LogP contribution >= 0.6 is 15.9 Å². The number of carbonyl (C=O) groups is 1. The summed E-state index contributed by atoms with van der Waals surface area (Å²) >= 11 is 3.49. The highest BCUT2D eigenvalue weighted by molar-refractivity contribution is 9.10. The first-order chi connectivity index (χ1) is 10.7. The summed E-state index contributed by atoms with van der Waals surface area (Å²) in [4.78, 5) is 12.4. The molecule has 22 heavy (non-hydrogen) atoms. The monoisotopic (exact) mass is 360 g/mol. The van der Waals surface area contributed by atoms with Crippen LogP contribution in [-0.4, -0.2) is 26.9 Å². The molecule has 1 aromatic heterocycles. The fourth-order valence-electron chi connectivity index (χ4n) is 2.88. The van der Waals surface area contributed by atoms with Gasteiger partial charge in [0, 0.05) is 10.5 Å². The first-order valence-electron chi connectivity index (χ1n) is 7.70. The van der Waals surface area contributed by atoms with E-state index in [1.54, 1.807) is 10.9 Å². The SMILES string of the molecule is O=C(NC(C1CC1)C1CC1)c1cn(-c2ccccc2Br)nn1. The summed E-state index contributed by atoms with van der Waals surface area (Å²) in [7, 11) is 0. The maximum absolute atomic E-state index is 12.4. The first-order valence-corrected chi connectivity index (χ1v) is 8.50. The van der Waals surface area contributed by atoms with E-state index in [0.717, 1.165) is 10.2 Å². The number of carbonyl (C=O) groups excluding carboxylic acids is 1. The summed E-state index contributed by atoms with van der Waals surface area (Å²) in [6, 6.07) is 8.07. The molecule has 0 saturated heterocycles. The van der Waals surface area contributed by atoms with Crippen molar-refractivity contribution in [2.45, 2.75) is 31.7 Å². The molecule has 6 heteroatoms. The van der Waals surface area contributed by atoms with Gasteiger partial charge in [0.1, 0.15) is 0 Å². The molecule has 1 heterocycles. The average molecular weight is 361 g/mol. The van der Waals surface area contributed by atoms with Gasteiger partial charge >= 0.3 is 0 Å². The molecular formula is C16H17BrN4O. The van der Waals surface area contributed by atoms with Gasteiger partial charge in [0.25, 0.3) is 5.91 Å². The van der Waals surface area contributed by atoms with E-state index in [4.69, 9.17) is 0 Å². The van der Waals surface area contributed by atoms with E-state index in [1.807, 2.05) is 24.3 Å². The molecule has 1 N–H and O–H groups in total. The normalized spacial score (nSPS) is 17.7. The smallest absolute Gasteiger partial charge is 0.273 e. The second-order valence-electron chi connectivity index (χ2n) is 6.17. The van der Waals surface area contributed by atoms with E-state index < -0.39 is 0 Å². The Kier molecular flexibility index (Phi) is 3.48. The van der Waals surface area contributed by atoms with Crippen molar-refractivity contribution in [2.75, 3.05) is 0 Å². The lowest BCUT2D eigenvalue weighted by atomic mass is 10.1. The van der Waals surface area contributed by atoms with E-state index in [2.05, 4.69) is 31.6 Å². The minimum atomic E-state index is -0.109. The lowest BCUT2D eigenvalue weighted by molar-refractivity contribution is 0.0921. The zero-order valence-corrected chi connectivity index (χ0v) is 13.7. The molecule has 2 aliphatic rings. The second kappa shape index (κ2) is 5.50. The van der Waals surface area contributed by atoms with Gasteiger partial charge in [0.2, 0.25) is 0 Å². The number of hydrogen-bond acceptors (Lipinski definition) is 3. The molecule has 1 aromatic carbocycles. The van der Waals surface area contributed by atoms with Crippen molar-refractivity contribution in [3.63, 3.8) is 0 Å². The molecule has 2 fully saturated rings. The number of amides is 1. The predicted molar refractivity (Wildman–Crippen MR) is 85.8 cm³/mol. The quantitative estimate of drug-likeness (QED) is 0.891. The summed E-state index contributed by atoms with van der Waals surface area (Å²) < 4.78 is 2.54. The largest absolute Gasteiger partial charge is 0.347 e. The topological polar surface area (TPSA) is 59.8 Å². The molecule has 0 radical (unpaired) electrons. The van der Waals surface area contributed by atoms with Crippen molar-refractivity contribution < 1.29 is 4.79 Å². The second-order valence-corrected chi connectivity index (χ2v) is 7.03. The molecule has 0 spiro atoms. The Morgan fingerprint density at radius 2 is 1.91 bits per heavy atom. The van der Waals surface area contributed by atoms with Crippen LogP contribution in [0.4, 0.5) is 0 Å². The third kappa shape index (κ3) is 2.79. The van der Waals surface area contributed by atoms with Crippen LogP contribution in [0.3, 0.4) is 0 Å². The minimum Gasteiger partial charge on any atom is -0.347 e. The van der Waals surface area contributed by atoms with Crippen molar-refractivity contribution >= 4 is 21.8 Å². The van der Waals surface area contributed by atoms with Gasteiger partial charge in [-0.3, -0.25) is 4.79 Å². The molecular weight excluding hydrogens is 344 g/mol. The van der Waals surface area contributed by atoms with Gasteiger partial charge in [0.05, 0.1) is 11.9 Å². The number of para-hydroxylation sites is 1. The summed E-state index contributed by atoms with van der Waals surface area (Å²) in [6.45, 7) is 0. The van der Waals surface area contributed by atoms with Crippen molar-refractivity contribution in [3.8, 4) is 5.69 Å². The Labute approximate surface area is 137 Å². The van der Waals surface area contributed by atoms with E-state index in [0.29, 0.717) is 23.6 Å². The zero-order chi connectivity index (χ0) is 15.1. The minimum absolute atomic E-state index is 0.109. The molecule has 114 valence electrons. The van der Waals surface area contributed by atoms with Crippen molar-refractivity contribution in [2.24, 2.45) is 11.8 Å². The summed E-state index contributed by atoms with van der Waals surface area (Å²) in [6.07, 6.45) is 6.65. The van der Waals surface area contributed by atoms with Crippen LogP contribution in [0.2, 0.25) is 0 Å². The van der Waals surface area contributed by atoms with Crippen molar-refractivity contribution in [1.82, 2.24) is 20.3 Å². The van der Waals surface area contributed by atoms with Crippen LogP contribution in [0.5, 0.6) is 0 Å². The molecule has 2 aromatic rings. The van der Waals surface area contributed by atoms with E-state index in [9.17, 15) is 4.79 Å². The lowest BCUT2D eigenvalue weighted by Crippen LogP contribution is -2.38. The van der Waals surface area contributed by atoms with Gasteiger partial charge < -0.3 is 5.32 Å². The van der Waals surface area contributed by atoms with Gasteiger partial charge in [-0.05, 0) is 65.6 Å². The maximum atomic E-state index is 12.4. The summed E-state index contributed by atoms with van der Waals surface area (Å²) in [5.74, 6) is 1.24. The fraction of sp³-hybridized carbons (Fsp3) is 0.438. The number of benzene rings is 1. The standard InChI is InChI=1S/C16H17BrN4O/c17-12-3-1-2-4-14(12)21-9-13(19-20-21)16(22)18-15(10-5-6-10)11-7-8-11/h1-4,9-11,15H,5-8H2,(H,18,22). The van der Waals surface area contributed by atoms with E-state index in [-0.39, 0.29) is 5.91 Å². The van der Waals surface area contributed by atoms with Gasteiger partial charge in [-0.25, -0.2) is 4.68 Å². The third-order valence-electron chi connectivity index (χ3n) is 4.38. The van der Waals surface area contributed by atoms with Crippen molar-refractivity contribution in [3.05, 3.63) is 40.6 Å². The van der Waals surface area contributed by atoms with Crippen LogP contribution in [0.25, 0.3) is 5.69 Å².